The fraction of sp³-hybridized carbons (Fsp3) is 0.556. The lowest BCUT2D eigenvalue weighted by Gasteiger charge is -2.25. The third-order valence-corrected chi connectivity index (χ3v) is 2.87. The Balaban J connectivity index is 0. The first-order chi connectivity index (χ1) is 10.6. The van der Waals surface area contributed by atoms with Gasteiger partial charge in [-0.15, -0.1) is 6.58 Å². The highest BCUT2D eigenvalue weighted by Gasteiger charge is 2.25. The molecule has 1 rings (SSSR count). The van der Waals surface area contributed by atoms with Gasteiger partial charge in [0.25, 0.3) is 5.91 Å². The number of carbonyl (C=O) groups excluding carboxylic acids is 2. The van der Waals surface area contributed by atoms with Gasteiger partial charge in [0, 0.05) is 5.92 Å². The number of carbonyl (C=O) groups is 2. The third-order valence-electron chi connectivity index (χ3n) is 2.87. The van der Waals surface area contributed by atoms with Crippen molar-refractivity contribution in [2.75, 3.05) is 7.11 Å². The first-order valence-corrected chi connectivity index (χ1v) is 7.94. The van der Waals surface area contributed by atoms with Crippen molar-refractivity contribution in [1.82, 2.24) is 5.32 Å². The molecule has 0 spiro atoms. The highest BCUT2D eigenvalue weighted by atomic mass is 16.5. The Kier molecular flexibility index (Phi) is 15.9. The van der Waals surface area contributed by atoms with Crippen LogP contribution in [0.4, 0.5) is 0 Å². The second kappa shape index (κ2) is 15.5. The number of hydrogen-bond donors (Lipinski definition) is 1. The van der Waals surface area contributed by atoms with E-state index in [-0.39, 0.29) is 23.4 Å². The van der Waals surface area contributed by atoms with Gasteiger partial charge < -0.3 is 10.1 Å². The maximum absolute atomic E-state index is 11.3. The van der Waals surface area contributed by atoms with Crippen LogP contribution in [0.5, 0.6) is 0 Å². The van der Waals surface area contributed by atoms with Gasteiger partial charge in [-0.1, -0.05) is 59.1 Å². The predicted molar refractivity (Wildman–Crippen MR) is 92.5 cm³/mol. The molecule has 0 aromatic rings. The van der Waals surface area contributed by atoms with Crippen LogP contribution < -0.4 is 5.32 Å². The topological polar surface area (TPSA) is 55.4 Å². The van der Waals surface area contributed by atoms with Crippen LogP contribution in [-0.2, 0) is 14.3 Å². The SMILES string of the molecule is C=CC1C=C(C=O)C(=O)NC1/C=C/OC.CC.CCCCC. The summed E-state index contributed by atoms with van der Waals surface area (Å²) in [5.41, 5.74) is 0.141. The molecule has 2 atom stereocenters. The summed E-state index contributed by atoms with van der Waals surface area (Å²) in [4.78, 5) is 21.9. The zero-order chi connectivity index (χ0) is 17.4. The summed E-state index contributed by atoms with van der Waals surface area (Å²) in [6.07, 6.45) is 11.1. The molecule has 1 aliphatic heterocycles. The second-order valence-corrected chi connectivity index (χ2v) is 4.47. The van der Waals surface area contributed by atoms with Gasteiger partial charge >= 0.3 is 0 Å². The number of nitrogens with one attached hydrogen (secondary N) is 1. The van der Waals surface area contributed by atoms with Crippen LogP contribution in [-0.4, -0.2) is 25.3 Å². The molecule has 0 aromatic carbocycles. The van der Waals surface area contributed by atoms with Crippen molar-refractivity contribution >= 4 is 12.2 Å². The number of rotatable bonds is 6. The summed E-state index contributed by atoms with van der Waals surface area (Å²) in [5.74, 6) is -0.455. The van der Waals surface area contributed by atoms with Gasteiger partial charge in [0.15, 0.2) is 6.29 Å². The average Bonchev–Trinajstić information content (AvgIpc) is 2.56. The third kappa shape index (κ3) is 9.16. The van der Waals surface area contributed by atoms with Crippen LogP contribution >= 0.6 is 0 Å². The van der Waals surface area contributed by atoms with E-state index in [0.29, 0.717) is 6.29 Å². The van der Waals surface area contributed by atoms with E-state index in [0.717, 1.165) is 0 Å². The molecule has 4 nitrogen and oxygen atoms in total. The Morgan fingerprint density at radius 1 is 1.32 bits per heavy atom. The van der Waals surface area contributed by atoms with Crippen LogP contribution in [0.1, 0.15) is 47.0 Å². The van der Waals surface area contributed by atoms with Crippen LogP contribution in [0.2, 0.25) is 0 Å². The number of hydrogen-bond acceptors (Lipinski definition) is 3. The second-order valence-electron chi connectivity index (χ2n) is 4.47. The molecule has 0 aliphatic carbocycles. The van der Waals surface area contributed by atoms with E-state index in [9.17, 15) is 9.59 Å². The number of aldehydes is 1. The van der Waals surface area contributed by atoms with Crippen molar-refractivity contribution < 1.29 is 14.3 Å². The minimum absolute atomic E-state index is 0.0886. The molecular weight excluding hydrogens is 278 g/mol. The van der Waals surface area contributed by atoms with Crippen molar-refractivity contribution in [3.05, 3.63) is 36.6 Å². The summed E-state index contributed by atoms with van der Waals surface area (Å²) >= 11 is 0. The largest absolute Gasteiger partial charge is 0.505 e. The summed E-state index contributed by atoms with van der Waals surface area (Å²) in [5, 5.41) is 2.68. The minimum Gasteiger partial charge on any atom is -0.505 e. The fourth-order valence-corrected chi connectivity index (χ4v) is 1.72. The molecule has 0 saturated carbocycles. The zero-order valence-corrected chi connectivity index (χ0v) is 14.6. The van der Waals surface area contributed by atoms with Gasteiger partial charge in [0.1, 0.15) is 0 Å². The number of methoxy groups -OCH3 is 1. The Morgan fingerprint density at radius 2 is 1.91 bits per heavy atom. The first-order valence-electron chi connectivity index (χ1n) is 7.94. The lowest BCUT2D eigenvalue weighted by molar-refractivity contribution is -0.120. The van der Waals surface area contributed by atoms with E-state index in [1.54, 1.807) is 18.2 Å². The van der Waals surface area contributed by atoms with Gasteiger partial charge in [0.05, 0.1) is 25.0 Å². The Hall–Kier alpha value is -1.84. The average molecular weight is 309 g/mol. The standard InChI is InChI=1S/C11H13NO3.C5H12.C2H6/c1-3-8-6-9(7-13)11(14)12-10(8)4-5-15-2;1-3-5-4-2;1-2/h3-8,10H,1H2,2H3,(H,12,14);3-5H2,1-2H3;1-2H3/b5-4+;;. The molecule has 0 saturated heterocycles. The molecule has 4 heteroatoms. The lowest BCUT2D eigenvalue weighted by atomic mass is 9.93. The van der Waals surface area contributed by atoms with E-state index in [1.165, 1.54) is 32.6 Å². The Bertz CT molecular complexity index is 371. The highest BCUT2D eigenvalue weighted by Crippen LogP contribution is 2.16. The lowest BCUT2D eigenvalue weighted by Crippen LogP contribution is -2.42. The summed E-state index contributed by atoms with van der Waals surface area (Å²) < 4.78 is 4.77. The van der Waals surface area contributed by atoms with Crippen molar-refractivity contribution in [2.24, 2.45) is 5.92 Å². The van der Waals surface area contributed by atoms with E-state index < -0.39 is 0 Å². The Labute approximate surface area is 135 Å². The first kappa shape index (κ1) is 22.4. The van der Waals surface area contributed by atoms with Crippen LogP contribution in [0, 0.1) is 5.92 Å². The molecule has 0 fully saturated rings. The molecule has 1 N–H and O–H groups in total. The molecule has 0 radical (unpaired) electrons. The molecule has 1 heterocycles. The number of unbranched alkanes of at least 4 members (excludes halogenated alkanes) is 2. The molecule has 2 unspecified atom stereocenters. The van der Waals surface area contributed by atoms with Crippen LogP contribution in [0.3, 0.4) is 0 Å². The maximum atomic E-state index is 11.3. The van der Waals surface area contributed by atoms with Gasteiger partial charge in [-0.05, 0) is 6.08 Å². The van der Waals surface area contributed by atoms with E-state index in [2.05, 4.69) is 25.7 Å². The van der Waals surface area contributed by atoms with E-state index in [4.69, 9.17) is 4.74 Å². The van der Waals surface area contributed by atoms with Gasteiger partial charge in [0.2, 0.25) is 0 Å². The molecule has 0 bridgehead atoms. The number of ether oxygens (including phenoxy) is 1. The van der Waals surface area contributed by atoms with E-state index in [1.807, 2.05) is 13.8 Å². The minimum atomic E-state index is -0.367. The normalized spacial score (nSPS) is 19.7. The number of amides is 1. The quantitative estimate of drug-likeness (QED) is 0.351. The van der Waals surface area contributed by atoms with Crippen LogP contribution in [0.15, 0.2) is 36.6 Å². The molecule has 1 aliphatic rings. The highest BCUT2D eigenvalue weighted by molar-refractivity contribution is 6.11. The van der Waals surface area contributed by atoms with Gasteiger partial charge in [-0.2, -0.15) is 0 Å². The molecule has 22 heavy (non-hydrogen) atoms. The van der Waals surface area contributed by atoms with Crippen molar-refractivity contribution in [3.63, 3.8) is 0 Å². The van der Waals surface area contributed by atoms with Gasteiger partial charge in [-0.25, -0.2) is 0 Å². The van der Waals surface area contributed by atoms with Crippen molar-refractivity contribution in [1.29, 1.82) is 0 Å². The Morgan fingerprint density at radius 3 is 2.27 bits per heavy atom. The summed E-state index contributed by atoms with van der Waals surface area (Å²) in [6.45, 7) is 12.1. The molecule has 0 aromatic heterocycles. The predicted octanol–water partition coefficient (Wildman–Crippen LogP) is 3.80. The van der Waals surface area contributed by atoms with Crippen molar-refractivity contribution in [3.8, 4) is 0 Å². The maximum Gasteiger partial charge on any atom is 0.254 e. The molecular formula is C18H31NO3. The molecule has 126 valence electrons. The monoisotopic (exact) mass is 309 g/mol. The summed E-state index contributed by atoms with van der Waals surface area (Å²) in [6, 6.07) is -0.210. The summed E-state index contributed by atoms with van der Waals surface area (Å²) in [7, 11) is 1.52. The van der Waals surface area contributed by atoms with E-state index >= 15 is 0 Å². The van der Waals surface area contributed by atoms with Crippen molar-refractivity contribution in [2.45, 2.75) is 53.0 Å². The smallest absolute Gasteiger partial charge is 0.254 e. The fourth-order valence-electron chi connectivity index (χ4n) is 1.72. The van der Waals surface area contributed by atoms with Crippen LogP contribution in [0.25, 0.3) is 0 Å². The van der Waals surface area contributed by atoms with Gasteiger partial charge in [-0.3, -0.25) is 9.59 Å². The molecule has 1 amide bonds. The zero-order valence-electron chi connectivity index (χ0n) is 14.6.